The van der Waals surface area contributed by atoms with Crippen LogP contribution in [0.5, 0.6) is 0 Å². The first kappa shape index (κ1) is 23.9. The molecule has 2 aromatic rings. The lowest BCUT2D eigenvalue weighted by Gasteiger charge is -2.30. The van der Waals surface area contributed by atoms with Crippen LogP contribution in [0.15, 0.2) is 53.4 Å². The Hall–Kier alpha value is -2.78. The second-order valence-electron chi connectivity index (χ2n) is 8.88. The van der Waals surface area contributed by atoms with Crippen LogP contribution in [0.4, 0.5) is 10.1 Å². The topological polar surface area (TPSA) is 95.6 Å². The molecule has 1 fully saturated rings. The van der Waals surface area contributed by atoms with E-state index >= 15 is 0 Å². The van der Waals surface area contributed by atoms with Gasteiger partial charge in [0.2, 0.25) is 15.9 Å². The van der Waals surface area contributed by atoms with Crippen molar-refractivity contribution in [2.75, 3.05) is 18.4 Å². The lowest BCUT2D eigenvalue weighted by molar-refractivity contribution is -0.120. The van der Waals surface area contributed by atoms with E-state index in [1.165, 1.54) is 22.5 Å². The van der Waals surface area contributed by atoms with Gasteiger partial charge in [-0.05, 0) is 70.0 Å². The minimum Gasteiger partial charge on any atom is -0.347 e. The Morgan fingerprint density at radius 3 is 2.16 bits per heavy atom. The Morgan fingerprint density at radius 2 is 1.59 bits per heavy atom. The third-order valence-electron chi connectivity index (χ3n) is 5.18. The molecule has 0 aromatic heterocycles. The number of rotatable bonds is 5. The molecule has 0 saturated carbocycles. The van der Waals surface area contributed by atoms with E-state index in [1.54, 1.807) is 24.3 Å². The molecule has 7 nitrogen and oxygen atoms in total. The summed E-state index contributed by atoms with van der Waals surface area (Å²) in [6.07, 6.45) is 0.678. The smallest absolute Gasteiger partial charge is 0.251 e. The summed E-state index contributed by atoms with van der Waals surface area (Å²) < 4.78 is 40.6. The molecule has 2 aromatic carbocycles. The Balaban J connectivity index is 1.57. The molecular formula is C23H28FN3O4S. The number of carbonyl (C=O) groups excluding carboxylic acids is 2. The van der Waals surface area contributed by atoms with E-state index in [4.69, 9.17) is 0 Å². The van der Waals surface area contributed by atoms with Gasteiger partial charge in [-0.15, -0.1) is 0 Å². The number of amides is 2. The van der Waals surface area contributed by atoms with Gasteiger partial charge >= 0.3 is 0 Å². The highest BCUT2D eigenvalue weighted by Crippen LogP contribution is 2.26. The van der Waals surface area contributed by atoms with Gasteiger partial charge in [-0.2, -0.15) is 4.31 Å². The van der Waals surface area contributed by atoms with Crippen LogP contribution in [0, 0.1) is 11.7 Å². The summed E-state index contributed by atoms with van der Waals surface area (Å²) in [4.78, 5) is 24.5. The van der Waals surface area contributed by atoms with Gasteiger partial charge in [0.1, 0.15) is 10.7 Å². The molecule has 1 saturated heterocycles. The molecule has 0 radical (unpaired) electrons. The number of halogens is 1. The number of hydrogen-bond donors (Lipinski definition) is 2. The summed E-state index contributed by atoms with van der Waals surface area (Å²) in [6.45, 7) is 5.96. The molecule has 2 N–H and O–H groups in total. The Morgan fingerprint density at radius 1 is 1.00 bits per heavy atom. The molecule has 0 bridgehead atoms. The number of benzene rings is 2. The Kier molecular flexibility index (Phi) is 7.00. The van der Waals surface area contributed by atoms with E-state index in [2.05, 4.69) is 10.6 Å². The lowest BCUT2D eigenvalue weighted by atomic mass is 9.97. The molecule has 2 amide bonds. The quantitative estimate of drug-likeness (QED) is 0.714. The minimum absolute atomic E-state index is 0.140. The van der Waals surface area contributed by atoms with E-state index in [0.717, 1.165) is 6.07 Å². The summed E-state index contributed by atoms with van der Waals surface area (Å²) in [7, 11) is -3.94. The fourth-order valence-electron chi connectivity index (χ4n) is 3.51. The number of hydrogen-bond acceptors (Lipinski definition) is 4. The molecule has 0 aliphatic carbocycles. The summed E-state index contributed by atoms with van der Waals surface area (Å²) in [5.74, 6) is -1.54. The van der Waals surface area contributed by atoms with E-state index < -0.39 is 15.8 Å². The van der Waals surface area contributed by atoms with Gasteiger partial charge in [-0.3, -0.25) is 9.59 Å². The van der Waals surface area contributed by atoms with Crippen LogP contribution in [-0.2, 0) is 14.8 Å². The van der Waals surface area contributed by atoms with Gasteiger partial charge in [-0.25, -0.2) is 12.8 Å². The van der Waals surface area contributed by atoms with Crippen LogP contribution in [0.1, 0.15) is 44.0 Å². The van der Waals surface area contributed by atoms with Crippen molar-refractivity contribution >= 4 is 27.5 Å². The molecule has 1 aliphatic rings. The molecule has 0 unspecified atom stereocenters. The predicted octanol–water partition coefficient (Wildman–Crippen LogP) is 3.39. The number of anilines is 1. The zero-order valence-electron chi connectivity index (χ0n) is 18.4. The van der Waals surface area contributed by atoms with E-state index in [-0.39, 0.29) is 41.3 Å². The van der Waals surface area contributed by atoms with E-state index in [1.807, 2.05) is 20.8 Å². The average molecular weight is 462 g/mol. The molecule has 1 aliphatic heterocycles. The maximum Gasteiger partial charge on any atom is 0.251 e. The largest absolute Gasteiger partial charge is 0.347 e. The van der Waals surface area contributed by atoms with Gasteiger partial charge in [-0.1, -0.05) is 12.1 Å². The summed E-state index contributed by atoms with van der Waals surface area (Å²) in [5.41, 5.74) is 0.701. The van der Waals surface area contributed by atoms with Crippen molar-refractivity contribution < 1.29 is 22.4 Å². The van der Waals surface area contributed by atoms with Gasteiger partial charge in [0.25, 0.3) is 5.91 Å². The fourth-order valence-corrected chi connectivity index (χ4v) is 5.05. The average Bonchev–Trinajstić information content (AvgIpc) is 2.73. The summed E-state index contributed by atoms with van der Waals surface area (Å²) >= 11 is 0. The Bertz CT molecular complexity index is 1090. The van der Waals surface area contributed by atoms with Crippen molar-refractivity contribution in [2.24, 2.45) is 5.92 Å². The monoisotopic (exact) mass is 461 g/mol. The minimum atomic E-state index is -3.94. The standard InChI is InChI=1S/C23H28FN3O4S/c1-23(2,3)26-22(29)16-8-10-18(11-9-16)25-21(28)17-12-14-27(15-13-17)32(30,31)20-7-5-4-6-19(20)24/h4-11,17H,12-15H2,1-3H3,(H,25,28)(H,26,29). The molecule has 172 valence electrons. The fraction of sp³-hybridized carbons (Fsp3) is 0.391. The molecule has 9 heteroatoms. The SMILES string of the molecule is CC(C)(C)NC(=O)c1ccc(NC(=O)C2CCN(S(=O)(=O)c3ccccc3F)CC2)cc1. The van der Waals surface area contributed by atoms with Crippen LogP contribution in [0.2, 0.25) is 0 Å². The predicted molar refractivity (Wildman–Crippen MR) is 120 cm³/mol. The van der Waals surface area contributed by atoms with Crippen molar-refractivity contribution in [3.05, 3.63) is 59.9 Å². The van der Waals surface area contributed by atoms with Crippen LogP contribution in [-0.4, -0.2) is 43.2 Å². The normalized spacial score (nSPS) is 15.9. The van der Waals surface area contributed by atoms with Crippen molar-refractivity contribution in [1.82, 2.24) is 9.62 Å². The van der Waals surface area contributed by atoms with Gasteiger partial charge in [0.15, 0.2) is 0 Å². The van der Waals surface area contributed by atoms with Crippen LogP contribution >= 0.6 is 0 Å². The van der Waals surface area contributed by atoms with Gasteiger partial charge < -0.3 is 10.6 Å². The second kappa shape index (κ2) is 9.38. The number of carbonyl (C=O) groups is 2. The molecule has 32 heavy (non-hydrogen) atoms. The van der Waals surface area contributed by atoms with Crippen LogP contribution < -0.4 is 10.6 Å². The zero-order chi connectivity index (χ0) is 23.5. The highest BCUT2D eigenvalue weighted by molar-refractivity contribution is 7.89. The number of sulfonamides is 1. The van der Waals surface area contributed by atoms with Gasteiger partial charge in [0.05, 0.1) is 0 Å². The highest BCUT2D eigenvalue weighted by atomic mass is 32.2. The maximum absolute atomic E-state index is 14.0. The molecule has 0 atom stereocenters. The molecule has 3 rings (SSSR count). The number of nitrogens with one attached hydrogen (secondary N) is 2. The lowest BCUT2D eigenvalue weighted by Crippen LogP contribution is -2.41. The highest BCUT2D eigenvalue weighted by Gasteiger charge is 2.33. The first-order valence-electron chi connectivity index (χ1n) is 10.5. The summed E-state index contributed by atoms with van der Waals surface area (Å²) in [5, 5.41) is 5.70. The molecule has 1 heterocycles. The first-order valence-corrected chi connectivity index (χ1v) is 11.9. The van der Waals surface area contributed by atoms with Crippen molar-refractivity contribution in [2.45, 2.75) is 44.0 Å². The van der Waals surface area contributed by atoms with Crippen LogP contribution in [0.25, 0.3) is 0 Å². The Labute approximate surface area is 188 Å². The van der Waals surface area contributed by atoms with E-state index in [0.29, 0.717) is 24.1 Å². The third-order valence-corrected chi connectivity index (χ3v) is 7.11. The first-order chi connectivity index (χ1) is 15.0. The van der Waals surface area contributed by atoms with Crippen molar-refractivity contribution in [1.29, 1.82) is 0 Å². The third kappa shape index (κ3) is 5.72. The zero-order valence-corrected chi connectivity index (χ0v) is 19.2. The summed E-state index contributed by atoms with van der Waals surface area (Å²) in [6, 6.07) is 11.9. The van der Waals surface area contributed by atoms with Crippen LogP contribution in [0.3, 0.4) is 0 Å². The molecular weight excluding hydrogens is 433 g/mol. The van der Waals surface area contributed by atoms with Crippen molar-refractivity contribution in [3.63, 3.8) is 0 Å². The molecule has 0 spiro atoms. The van der Waals surface area contributed by atoms with Crippen molar-refractivity contribution in [3.8, 4) is 0 Å². The van der Waals surface area contributed by atoms with E-state index in [9.17, 15) is 22.4 Å². The second-order valence-corrected chi connectivity index (χ2v) is 10.8. The maximum atomic E-state index is 14.0. The number of nitrogens with zero attached hydrogens (tertiary/aromatic N) is 1. The number of piperidine rings is 1. The van der Waals surface area contributed by atoms with Gasteiger partial charge in [0, 0.05) is 35.8 Å².